The Bertz CT molecular complexity index is 762. The van der Waals surface area contributed by atoms with Crippen LogP contribution in [0.2, 0.25) is 0 Å². The van der Waals surface area contributed by atoms with E-state index in [1.54, 1.807) is 23.3 Å². The van der Waals surface area contributed by atoms with Crippen molar-refractivity contribution in [1.29, 1.82) is 0 Å². The van der Waals surface area contributed by atoms with Crippen molar-refractivity contribution in [3.05, 3.63) is 56.8 Å². The molecule has 3 aromatic rings. The first kappa shape index (κ1) is 15.1. The highest BCUT2D eigenvalue weighted by atomic mass is 79.9. The Labute approximate surface area is 141 Å². The molecule has 2 heterocycles. The summed E-state index contributed by atoms with van der Waals surface area (Å²) in [4.78, 5) is 18.3. The van der Waals surface area contributed by atoms with Gasteiger partial charge in [-0.2, -0.15) is 0 Å². The van der Waals surface area contributed by atoms with E-state index >= 15 is 0 Å². The Hall–Kier alpha value is -1.79. The van der Waals surface area contributed by atoms with E-state index in [4.69, 9.17) is 0 Å². The number of para-hydroxylation sites is 1. The number of carbonyl (C=O) groups is 1. The van der Waals surface area contributed by atoms with Gasteiger partial charge in [0.25, 0.3) is 0 Å². The molecule has 2 N–H and O–H groups in total. The highest BCUT2D eigenvalue weighted by Gasteiger charge is 2.10. The van der Waals surface area contributed by atoms with Gasteiger partial charge >= 0.3 is 6.03 Å². The highest BCUT2D eigenvalue weighted by Crippen LogP contribution is 2.23. The molecule has 1 aromatic carbocycles. The SMILES string of the molecule is CN(Cc1ccc(Br)s1)C(=O)NCc1cc2ccccc2[nH]1. The average molecular weight is 378 g/mol. The first-order valence-electron chi connectivity index (χ1n) is 6.91. The van der Waals surface area contributed by atoms with E-state index < -0.39 is 0 Å². The van der Waals surface area contributed by atoms with Crippen LogP contribution < -0.4 is 5.32 Å². The van der Waals surface area contributed by atoms with Crippen LogP contribution in [0.4, 0.5) is 4.79 Å². The zero-order valence-corrected chi connectivity index (χ0v) is 14.5. The Kier molecular flexibility index (Phi) is 4.49. The number of H-pyrrole nitrogens is 1. The molecule has 6 heteroatoms. The lowest BCUT2D eigenvalue weighted by atomic mass is 10.2. The lowest BCUT2D eigenvalue weighted by Crippen LogP contribution is -2.36. The molecule has 2 aromatic heterocycles. The lowest BCUT2D eigenvalue weighted by Gasteiger charge is -2.16. The number of hydrogen-bond donors (Lipinski definition) is 2. The van der Waals surface area contributed by atoms with Gasteiger partial charge in [-0.25, -0.2) is 4.79 Å². The van der Waals surface area contributed by atoms with Gasteiger partial charge in [-0.05, 0) is 45.6 Å². The monoisotopic (exact) mass is 377 g/mol. The summed E-state index contributed by atoms with van der Waals surface area (Å²) >= 11 is 5.07. The van der Waals surface area contributed by atoms with Gasteiger partial charge in [0, 0.05) is 23.1 Å². The minimum Gasteiger partial charge on any atom is -0.357 e. The Morgan fingerprint density at radius 3 is 2.86 bits per heavy atom. The van der Waals surface area contributed by atoms with Crippen molar-refractivity contribution >= 4 is 44.2 Å². The number of nitrogens with zero attached hydrogens (tertiary/aromatic N) is 1. The molecule has 3 rings (SSSR count). The third kappa shape index (κ3) is 3.51. The van der Waals surface area contributed by atoms with Gasteiger partial charge in [-0.3, -0.25) is 0 Å². The summed E-state index contributed by atoms with van der Waals surface area (Å²) in [5.41, 5.74) is 2.09. The normalized spacial score (nSPS) is 10.8. The maximum atomic E-state index is 12.1. The van der Waals surface area contributed by atoms with Crippen molar-refractivity contribution in [2.45, 2.75) is 13.1 Å². The molecule has 22 heavy (non-hydrogen) atoms. The molecule has 0 unspecified atom stereocenters. The van der Waals surface area contributed by atoms with Gasteiger partial charge in [0.2, 0.25) is 0 Å². The Morgan fingerprint density at radius 1 is 1.32 bits per heavy atom. The zero-order chi connectivity index (χ0) is 15.5. The number of thiophene rings is 1. The fourth-order valence-corrected chi connectivity index (χ4v) is 3.81. The molecule has 0 fully saturated rings. The van der Waals surface area contributed by atoms with E-state index in [9.17, 15) is 4.79 Å². The van der Waals surface area contributed by atoms with Crippen LogP contribution in [-0.4, -0.2) is 23.0 Å². The second-order valence-corrected chi connectivity index (χ2v) is 7.65. The van der Waals surface area contributed by atoms with Crippen LogP contribution >= 0.6 is 27.3 Å². The molecule has 0 radical (unpaired) electrons. The Morgan fingerprint density at radius 2 is 2.14 bits per heavy atom. The van der Waals surface area contributed by atoms with Crippen LogP contribution in [0.15, 0.2) is 46.3 Å². The number of aromatic amines is 1. The first-order valence-corrected chi connectivity index (χ1v) is 8.52. The molecule has 0 spiro atoms. The second kappa shape index (κ2) is 6.54. The molecular weight excluding hydrogens is 362 g/mol. The number of amides is 2. The van der Waals surface area contributed by atoms with Crippen molar-refractivity contribution in [3.8, 4) is 0 Å². The molecule has 0 aliphatic rings. The molecule has 0 atom stereocenters. The van der Waals surface area contributed by atoms with E-state index in [-0.39, 0.29) is 6.03 Å². The smallest absolute Gasteiger partial charge is 0.317 e. The minimum absolute atomic E-state index is 0.0804. The summed E-state index contributed by atoms with van der Waals surface area (Å²) in [5.74, 6) is 0. The van der Waals surface area contributed by atoms with Gasteiger partial charge in [0.05, 0.1) is 16.9 Å². The van der Waals surface area contributed by atoms with Crippen LogP contribution in [0.5, 0.6) is 0 Å². The predicted octanol–water partition coefficient (Wildman–Crippen LogP) is 4.33. The minimum atomic E-state index is -0.0804. The van der Waals surface area contributed by atoms with Crippen molar-refractivity contribution in [1.82, 2.24) is 15.2 Å². The number of aromatic nitrogens is 1. The largest absolute Gasteiger partial charge is 0.357 e. The maximum absolute atomic E-state index is 12.1. The first-order chi connectivity index (χ1) is 10.6. The van der Waals surface area contributed by atoms with E-state index in [0.717, 1.165) is 25.3 Å². The van der Waals surface area contributed by atoms with Crippen LogP contribution in [-0.2, 0) is 13.1 Å². The molecular formula is C16H16BrN3OS. The fraction of sp³-hybridized carbons (Fsp3) is 0.188. The predicted molar refractivity (Wildman–Crippen MR) is 94.0 cm³/mol. The number of hydrogen-bond acceptors (Lipinski definition) is 2. The number of urea groups is 1. The summed E-state index contributed by atoms with van der Waals surface area (Å²) in [7, 11) is 1.80. The average Bonchev–Trinajstić information content (AvgIpc) is 3.10. The van der Waals surface area contributed by atoms with Crippen molar-refractivity contribution in [3.63, 3.8) is 0 Å². The lowest BCUT2D eigenvalue weighted by molar-refractivity contribution is 0.206. The van der Waals surface area contributed by atoms with Crippen molar-refractivity contribution < 1.29 is 4.79 Å². The summed E-state index contributed by atoms with van der Waals surface area (Å²) in [5, 5.41) is 4.09. The van der Waals surface area contributed by atoms with E-state index in [1.807, 2.05) is 30.3 Å². The van der Waals surface area contributed by atoms with E-state index in [0.29, 0.717) is 13.1 Å². The van der Waals surface area contributed by atoms with Gasteiger partial charge in [-0.1, -0.05) is 18.2 Å². The fourth-order valence-electron chi connectivity index (χ4n) is 2.28. The van der Waals surface area contributed by atoms with Gasteiger partial charge in [0.1, 0.15) is 0 Å². The number of carbonyl (C=O) groups excluding carboxylic acids is 1. The molecule has 0 bridgehead atoms. The highest BCUT2D eigenvalue weighted by molar-refractivity contribution is 9.11. The maximum Gasteiger partial charge on any atom is 0.317 e. The van der Waals surface area contributed by atoms with Gasteiger partial charge in [-0.15, -0.1) is 11.3 Å². The second-order valence-electron chi connectivity index (χ2n) is 5.10. The summed E-state index contributed by atoms with van der Waals surface area (Å²) in [6.45, 7) is 1.10. The molecule has 0 saturated heterocycles. The number of benzene rings is 1. The van der Waals surface area contributed by atoms with Crippen LogP contribution in [0.25, 0.3) is 10.9 Å². The molecule has 0 saturated carbocycles. The summed E-state index contributed by atoms with van der Waals surface area (Å²) < 4.78 is 1.08. The van der Waals surface area contributed by atoms with Gasteiger partial charge in [0.15, 0.2) is 0 Å². The third-order valence-electron chi connectivity index (χ3n) is 3.38. The van der Waals surface area contributed by atoms with Crippen molar-refractivity contribution in [2.24, 2.45) is 0 Å². The number of halogens is 1. The zero-order valence-electron chi connectivity index (χ0n) is 12.1. The van der Waals surface area contributed by atoms with Crippen LogP contribution in [0.3, 0.4) is 0 Å². The number of rotatable bonds is 4. The quantitative estimate of drug-likeness (QED) is 0.698. The number of fused-ring (bicyclic) bond motifs is 1. The number of nitrogens with one attached hydrogen (secondary N) is 2. The topological polar surface area (TPSA) is 48.1 Å². The standard InChI is InChI=1S/C16H16BrN3OS/c1-20(10-13-6-7-15(17)22-13)16(21)18-9-12-8-11-4-2-3-5-14(11)19-12/h2-8,19H,9-10H2,1H3,(H,18,21). The third-order valence-corrected chi connectivity index (χ3v) is 4.99. The summed E-state index contributed by atoms with van der Waals surface area (Å²) in [6.07, 6.45) is 0. The molecule has 4 nitrogen and oxygen atoms in total. The summed E-state index contributed by atoms with van der Waals surface area (Å²) in [6, 6.07) is 14.1. The molecule has 0 aliphatic carbocycles. The molecule has 0 aliphatic heterocycles. The van der Waals surface area contributed by atoms with Crippen molar-refractivity contribution in [2.75, 3.05) is 7.05 Å². The molecule has 2 amide bonds. The van der Waals surface area contributed by atoms with Crippen LogP contribution in [0.1, 0.15) is 10.6 Å². The van der Waals surface area contributed by atoms with E-state index in [1.165, 1.54) is 0 Å². The van der Waals surface area contributed by atoms with Gasteiger partial charge < -0.3 is 15.2 Å². The van der Waals surface area contributed by atoms with E-state index in [2.05, 4.69) is 38.4 Å². The molecule has 114 valence electrons. The Balaban J connectivity index is 1.57. The van der Waals surface area contributed by atoms with Crippen LogP contribution in [0, 0.1) is 0 Å².